The molecule has 2 atom stereocenters. The largest absolute Gasteiger partial charge is 0.465 e. The first kappa shape index (κ1) is 18.4. The summed E-state index contributed by atoms with van der Waals surface area (Å²) in [5.41, 5.74) is -0.540. The maximum absolute atomic E-state index is 12.1. The van der Waals surface area contributed by atoms with Crippen molar-refractivity contribution in [3.63, 3.8) is 0 Å². The van der Waals surface area contributed by atoms with E-state index in [1.165, 1.54) is 19.5 Å². The number of carbonyl (C=O) groups is 1. The van der Waals surface area contributed by atoms with Crippen LogP contribution < -0.4 is 5.32 Å². The van der Waals surface area contributed by atoms with Crippen molar-refractivity contribution in [3.05, 3.63) is 0 Å². The SMILES string of the molecule is CCNC(C)(CCCN1CCC(C(C)C)C1)C(=O)OCC. The predicted octanol–water partition coefficient (Wildman–Crippen LogP) is 2.68. The number of esters is 1. The van der Waals surface area contributed by atoms with E-state index >= 15 is 0 Å². The van der Waals surface area contributed by atoms with Crippen LogP contribution in [0.4, 0.5) is 0 Å². The van der Waals surface area contributed by atoms with Crippen LogP contribution in [0.1, 0.15) is 53.9 Å². The maximum atomic E-state index is 12.1. The van der Waals surface area contributed by atoms with Crippen LogP contribution in [0.3, 0.4) is 0 Å². The number of carbonyl (C=O) groups excluding carboxylic acids is 1. The topological polar surface area (TPSA) is 41.6 Å². The van der Waals surface area contributed by atoms with Gasteiger partial charge in [0.05, 0.1) is 6.61 Å². The number of likely N-dealkylation sites (tertiary alicyclic amines) is 1. The van der Waals surface area contributed by atoms with Crippen LogP contribution in [0, 0.1) is 11.8 Å². The number of ether oxygens (including phenoxy) is 1. The fourth-order valence-corrected chi connectivity index (χ4v) is 3.21. The normalized spacial score (nSPS) is 22.5. The van der Waals surface area contributed by atoms with Gasteiger partial charge in [-0.1, -0.05) is 20.8 Å². The molecule has 124 valence electrons. The summed E-state index contributed by atoms with van der Waals surface area (Å²) in [6, 6.07) is 0. The van der Waals surface area contributed by atoms with Crippen molar-refractivity contribution >= 4 is 5.97 Å². The van der Waals surface area contributed by atoms with Crippen molar-refractivity contribution in [3.8, 4) is 0 Å². The molecule has 0 saturated carbocycles. The molecule has 1 aliphatic rings. The Bertz CT molecular complexity index is 320. The smallest absolute Gasteiger partial charge is 0.326 e. The molecule has 1 heterocycles. The molecule has 0 radical (unpaired) electrons. The molecule has 0 aromatic rings. The van der Waals surface area contributed by atoms with Crippen LogP contribution in [-0.2, 0) is 9.53 Å². The van der Waals surface area contributed by atoms with E-state index in [0.717, 1.165) is 37.8 Å². The van der Waals surface area contributed by atoms with E-state index in [9.17, 15) is 4.79 Å². The molecule has 0 spiro atoms. The minimum absolute atomic E-state index is 0.117. The van der Waals surface area contributed by atoms with Gasteiger partial charge >= 0.3 is 5.97 Å². The first-order valence-corrected chi connectivity index (χ1v) is 8.57. The zero-order valence-electron chi connectivity index (χ0n) is 14.6. The Balaban J connectivity index is 2.39. The third-order valence-corrected chi connectivity index (χ3v) is 4.70. The van der Waals surface area contributed by atoms with Gasteiger partial charge in [-0.25, -0.2) is 0 Å². The number of hydrogen-bond acceptors (Lipinski definition) is 4. The number of rotatable bonds is 9. The molecule has 21 heavy (non-hydrogen) atoms. The second-order valence-electron chi connectivity index (χ2n) is 6.78. The van der Waals surface area contributed by atoms with Crippen LogP contribution in [0.15, 0.2) is 0 Å². The Labute approximate surface area is 130 Å². The summed E-state index contributed by atoms with van der Waals surface area (Å²) in [5, 5.41) is 3.30. The Morgan fingerprint density at radius 1 is 1.43 bits per heavy atom. The second kappa shape index (κ2) is 8.74. The lowest BCUT2D eigenvalue weighted by molar-refractivity contribution is -0.150. The molecule has 1 aliphatic heterocycles. The van der Waals surface area contributed by atoms with Crippen LogP contribution >= 0.6 is 0 Å². The lowest BCUT2D eigenvalue weighted by Gasteiger charge is -2.29. The third-order valence-electron chi connectivity index (χ3n) is 4.70. The van der Waals surface area contributed by atoms with Gasteiger partial charge in [0, 0.05) is 6.54 Å². The fourth-order valence-electron chi connectivity index (χ4n) is 3.21. The van der Waals surface area contributed by atoms with Gasteiger partial charge in [0.15, 0.2) is 0 Å². The summed E-state index contributed by atoms with van der Waals surface area (Å²) < 4.78 is 5.22. The van der Waals surface area contributed by atoms with E-state index in [2.05, 4.69) is 24.1 Å². The molecule has 0 aromatic carbocycles. The lowest BCUT2D eigenvalue weighted by Crippen LogP contribution is -2.50. The first-order valence-electron chi connectivity index (χ1n) is 8.57. The summed E-state index contributed by atoms with van der Waals surface area (Å²) in [7, 11) is 0. The summed E-state index contributed by atoms with van der Waals surface area (Å²) in [6.07, 6.45) is 3.19. The van der Waals surface area contributed by atoms with Crippen molar-refractivity contribution < 1.29 is 9.53 Å². The van der Waals surface area contributed by atoms with Crippen LogP contribution in [0.25, 0.3) is 0 Å². The molecule has 1 fully saturated rings. The minimum atomic E-state index is -0.540. The highest BCUT2D eigenvalue weighted by molar-refractivity contribution is 5.80. The highest BCUT2D eigenvalue weighted by Crippen LogP contribution is 2.24. The predicted molar refractivity (Wildman–Crippen MR) is 87.3 cm³/mol. The standard InChI is InChI=1S/C17H34N2O2/c1-6-18-17(5,16(20)21-7-2)10-8-11-19-12-9-15(13-19)14(3)4/h14-15,18H,6-13H2,1-5H3. The fraction of sp³-hybridized carbons (Fsp3) is 0.941. The van der Waals surface area contributed by atoms with E-state index in [4.69, 9.17) is 4.74 Å². The summed E-state index contributed by atoms with van der Waals surface area (Å²) in [5.74, 6) is 1.50. The zero-order chi connectivity index (χ0) is 15.9. The second-order valence-corrected chi connectivity index (χ2v) is 6.78. The van der Waals surface area contributed by atoms with Crippen molar-refractivity contribution in [1.29, 1.82) is 0 Å². The molecular formula is C17H34N2O2. The highest BCUT2D eigenvalue weighted by Gasteiger charge is 2.33. The Morgan fingerprint density at radius 3 is 2.67 bits per heavy atom. The molecule has 0 aromatic heterocycles. The number of hydrogen-bond donors (Lipinski definition) is 1. The van der Waals surface area contributed by atoms with Gasteiger partial charge in [-0.2, -0.15) is 0 Å². The van der Waals surface area contributed by atoms with Gasteiger partial charge in [0.2, 0.25) is 0 Å². The molecule has 1 saturated heterocycles. The van der Waals surface area contributed by atoms with E-state index in [1.807, 2.05) is 20.8 Å². The quantitative estimate of drug-likeness (QED) is 0.665. The monoisotopic (exact) mass is 298 g/mol. The maximum Gasteiger partial charge on any atom is 0.326 e. The third kappa shape index (κ3) is 5.59. The number of likely N-dealkylation sites (N-methyl/N-ethyl adjacent to an activating group) is 1. The molecule has 1 rings (SSSR count). The Morgan fingerprint density at radius 2 is 2.14 bits per heavy atom. The van der Waals surface area contributed by atoms with Gasteiger partial charge in [-0.3, -0.25) is 4.79 Å². The molecule has 4 heteroatoms. The molecule has 0 amide bonds. The van der Waals surface area contributed by atoms with E-state index in [0.29, 0.717) is 6.61 Å². The molecule has 4 nitrogen and oxygen atoms in total. The van der Waals surface area contributed by atoms with Crippen LogP contribution in [0.5, 0.6) is 0 Å². The Hall–Kier alpha value is -0.610. The first-order chi connectivity index (χ1) is 9.92. The Kier molecular flexibility index (Phi) is 7.67. The molecule has 0 aliphatic carbocycles. The zero-order valence-corrected chi connectivity index (χ0v) is 14.6. The molecule has 2 unspecified atom stereocenters. The molecule has 0 bridgehead atoms. The average molecular weight is 298 g/mol. The van der Waals surface area contributed by atoms with Crippen molar-refractivity contribution in [1.82, 2.24) is 10.2 Å². The minimum Gasteiger partial charge on any atom is -0.465 e. The summed E-state index contributed by atoms with van der Waals surface area (Å²) in [6.45, 7) is 15.2. The van der Waals surface area contributed by atoms with E-state index in [-0.39, 0.29) is 5.97 Å². The van der Waals surface area contributed by atoms with Gasteiger partial charge < -0.3 is 15.0 Å². The van der Waals surface area contributed by atoms with E-state index < -0.39 is 5.54 Å². The number of nitrogens with zero attached hydrogens (tertiary/aromatic N) is 1. The molecular weight excluding hydrogens is 264 g/mol. The van der Waals surface area contributed by atoms with Crippen molar-refractivity contribution in [2.24, 2.45) is 11.8 Å². The number of nitrogens with one attached hydrogen (secondary N) is 1. The van der Waals surface area contributed by atoms with Crippen molar-refractivity contribution in [2.45, 2.75) is 59.4 Å². The van der Waals surface area contributed by atoms with Gasteiger partial charge in [0.25, 0.3) is 0 Å². The van der Waals surface area contributed by atoms with Gasteiger partial charge in [-0.15, -0.1) is 0 Å². The lowest BCUT2D eigenvalue weighted by atomic mass is 9.95. The van der Waals surface area contributed by atoms with Crippen molar-refractivity contribution in [2.75, 3.05) is 32.8 Å². The average Bonchev–Trinajstić information content (AvgIpc) is 2.88. The molecule has 1 N–H and O–H groups in total. The van der Waals surface area contributed by atoms with Crippen LogP contribution in [0.2, 0.25) is 0 Å². The summed E-state index contributed by atoms with van der Waals surface area (Å²) in [4.78, 5) is 14.7. The summed E-state index contributed by atoms with van der Waals surface area (Å²) >= 11 is 0. The van der Waals surface area contributed by atoms with Gasteiger partial charge in [0.1, 0.15) is 5.54 Å². The van der Waals surface area contributed by atoms with Gasteiger partial charge in [-0.05, 0) is 64.6 Å². The van der Waals surface area contributed by atoms with Crippen LogP contribution in [-0.4, -0.2) is 49.2 Å². The highest BCUT2D eigenvalue weighted by atomic mass is 16.5. The van der Waals surface area contributed by atoms with E-state index in [1.54, 1.807) is 0 Å².